The van der Waals surface area contributed by atoms with Crippen molar-refractivity contribution in [3.05, 3.63) is 93.7 Å². The molecular formula is C23H25N3O4S. The zero-order chi connectivity index (χ0) is 22.2. The largest absolute Gasteiger partial charge is 0.477 e. The summed E-state index contributed by atoms with van der Waals surface area (Å²) in [5.41, 5.74) is 2.48. The van der Waals surface area contributed by atoms with Crippen molar-refractivity contribution in [2.75, 3.05) is 26.2 Å². The van der Waals surface area contributed by atoms with E-state index in [-0.39, 0.29) is 16.8 Å². The number of nitrogens with two attached hydrogens (primary N) is 1. The molecular weight excluding hydrogens is 414 g/mol. The van der Waals surface area contributed by atoms with E-state index >= 15 is 0 Å². The Morgan fingerprint density at radius 1 is 0.774 bits per heavy atom. The average molecular weight is 440 g/mol. The van der Waals surface area contributed by atoms with Crippen molar-refractivity contribution in [1.29, 1.82) is 0 Å². The molecule has 1 fully saturated rings. The summed E-state index contributed by atoms with van der Waals surface area (Å²) in [4.78, 5) is 28.8. The number of carboxylic acid groups (broad SMARTS) is 1. The monoisotopic (exact) mass is 439 g/mol. The first kappa shape index (κ1) is 22.6. The fraction of sp³-hybridized carbons (Fsp3) is 0.217. The van der Waals surface area contributed by atoms with Crippen LogP contribution in [0, 0.1) is 0 Å². The van der Waals surface area contributed by atoms with Crippen LogP contribution < -0.4 is 5.90 Å². The molecule has 1 saturated heterocycles. The highest BCUT2D eigenvalue weighted by molar-refractivity contribution is 7.15. The Morgan fingerprint density at radius 3 is 1.71 bits per heavy atom. The third-order valence-corrected chi connectivity index (χ3v) is 6.29. The molecule has 4 rings (SSSR count). The summed E-state index contributed by atoms with van der Waals surface area (Å²) in [6.07, 6.45) is 0. The maximum Gasteiger partial charge on any atom is 0.345 e. The van der Waals surface area contributed by atoms with E-state index in [1.165, 1.54) is 17.2 Å². The Morgan fingerprint density at radius 2 is 1.26 bits per heavy atom. The molecule has 0 spiro atoms. The summed E-state index contributed by atoms with van der Waals surface area (Å²) >= 11 is 1.04. The number of hydrogen-bond donors (Lipinski definition) is 3. The third-order valence-electron chi connectivity index (χ3n) is 5.22. The number of amides is 1. The minimum Gasteiger partial charge on any atom is -0.477 e. The number of rotatable bonds is 5. The van der Waals surface area contributed by atoms with E-state index in [0.717, 1.165) is 24.4 Å². The highest BCUT2D eigenvalue weighted by atomic mass is 32.1. The fourth-order valence-electron chi connectivity index (χ4n) is 3.79. The van der Waals surface area contributed by atoms with Gasteiger partial charge in [-0.15, -0.1) is 11.3 Å². The van der Waals surface area contributed by atoms with E-state index in [2.05, 4.69) is 59.3 Å². The SMILES string of the molecule is NO.O=C(O)c1ccc(C(=O)N2CCN(C(c3ccccc3)c3ccccc3)CC2)s1. The van der Waals surface area contributed by atoms with E-state index in [1.807, 2.05) is 17.0 Å². The van der Waals surface area contributed by atoms with Gasteiger partial charge < -0.3 is 15.2 Å². The van der Waals surface area contributed by atoms with Crippen LogP contribution >= 0.6 is 11.3 Å². The number of piperazine rings is 1. The van der Waals surface area contributed by atoms with Crippen LogP contribution in [-0.2, 0) is 0 Å². The van der Waals surface area contributed by atoms with Crippen LogP contribution in [0.15, 0.2) is 72.8 Å². The molecule has 0 radical (unpaired) electrons. The molecule has 0 bridgehead atoms. The highest BCUT2D eigenvalue weighted by Crippen LogP contribution is 2.30. The Hall–Kier alpha value is -3.04. The van der Waals surface area contributed by atoms with Crippen molar-refractivity contribution in [1.82, 2.24) is 9.80 Å². The zero-order valence-electron chi connectivity index (χ0n) is 16.9. The van der Waals surface area contributed by atoms with Crippen LogP contribution in [0.25, 0.3) is 0 Å². The molecule has 3 aromatic rings. The van der Waals surface area contributed by atoms with Crippen molar-refractivity contribution in [2.45, 2.75) is 6.04 Å². The molecule has 8 heteroatoms. The second-order valence-electron chi connectivity index (χ2n) is 7.02. The number of benzene rings is 2. The van der Waals surface area contributed by atoms with Gasteiger partial charge in [-0.05, 0) is 23.3 Å². The Kier molecular flexibility index (Phi) is 7.91. The molecule has 7 nitrogen and oxygen atoms in total. The number of aromatic carboxylic acids is 1. The zero-order valence-corrected chi connectivity index (χ0v) is 17.7. The van der Waals surface area contributed by atoms with Crippen LogP contribution in [-0.4, -0.2) is 58.2 Å². The van der Waals surface area contributed by atoms with E-state index in [1.54, 1.807) is 6.07 Å². The number of thiophene rings is 1. The lowest BCUT2D eigenvalue weighted by Crippen LogP contribution is -2.49. The van der Waals surface area contributed by atoms with E-state index in [4.69, 9.17) is 10.3 Å². The maximum atomic E-state index is 12.8. The highest BCUT2D eigenvalue weighted by Gasteiger charge is 2.29. The predicted molar refractivity (Wildman–Crippen MR) is 119 cm³/mol. The Balaban J connectivity index is 0.00000132. The van der Waals surface area contributed by atoms with Gasteiger partial charge in [-0.1, -0.05) is 60.7 Å². The Bertz CT molecular complexity index is 947. The summed E-state index contributed by atoms with van der Waals surface area (Å²) in [6, 6.07) is 24.1. The summed E-state index contributed by atoms with van der Waals surface area (Å²) in [5.74, 6) is 2.42. The van der Waals surface area contributed by atoms with Crippen molar-refractivity contribution >= 4 is 23.2 Å². The van der Waals surface area contributed by atoms with Gasteiger partial charge in [0.05, 0.1) is 10.9 Å². The molecule has 2 aromatic carbocycles. The van der Waals surface area contributed by atoms with Crippen LogP contribution in [0.1, 0.15) is 36.5 Å². The second kappa shape index (κ2) is 10.8. The molecule has 1 aliphatic heterocycles. The van der Waals surface area contributed by atoms with Crippen molar-refractivity contribution in [3.63, 3.8) is 0 Å². The standard InChI is InChI=1S/C23H22N2O3S.H3NO/c26-22(19-11-12-20(29-19)23(27)28)25-15-13-24(14-16-25)21(17-7-3-1-4-8-17)18-9-5-2-6-10-18;1-2/h1-12,21H,13-16H2,(H,27,28);2H,1H2. The van der Waals surface area contributed by atoms with Crippen molar-refractivity contribution in [3.8, 4) is 0 Å². The Labute approximate surface area is 184 Å². The first-order chi connectivity index (χ1) is 15.1. The lowest BCUT2D eigenvalue weighted by atomic mass is 9.96. The molecule has 0 aliphatic carbocycles. The maximum absolute atomic E-state index is 12.8. The third kappa shape index (κ3) is 5.36. The van der Waals surface area contributed by atoms with Gasteiger partial charge in [0.25, 0.3) is 5.91 Å². The van der Waals surface area contributed by atoms with Gasteiger partial charge >= 0.3 is 5.97 Å². The molecule has 0 atom stereocenters. The molecule has 31 heavy (non-hydrogen) atoms. The average Bonchev–Trinajstić information content (AvgIpc) is 3.33. The first-order valence-corrected chi connectivity index (χ1v) is 10.7. The number of carboxylic acids is 1. The molecule has 1 amide bonds. The van der Waals surface area contributed by atoms with Crippen LogP contribution in [0.3, 0.4) is 0 Å². The van der Waals surface area contributed by atoms with Gasteiger partial charge in [0.15, 0.2) is 0 Å². The van der Waals surface area contributed by atoms with Gasteiger partial charge in [0.1, 0.15) is 4.88 Å². The van der Waals surface area contributed by atoms with Crippen molar-refractivity contribution < 1.29 is 19.9 Å². The second-order valence-corrected chi connectivity index (χ2v) is 8.10. The van der Waals surface area contributed by atoms with Gasteiger partial charge in [0.2, 0.25) is 0 Å². The van der Waals surface area contributed by atoms with Crippen LogP contribution in [0.5, 0.6) is 0 Å². The molecule has 2 heterocycles. The quantitative estimate of drug-likeness (QED) is 0.527. The lowest BCUT2D eigenvalue weighted by Gasteiger charge is -2.39. The normalized spacial score (nSPS) is 14.1. The topological polar surface area (TPSA) is 107 Å². The summed E-state index contributed by atoms with van der Waals surface area (Å²) in [5, 5.41) is 15.6. The molecule has 0 saturated carbocycles. The summed E-state index contributed by atoms with van der Waals surface area (Å²) < 4.78 is 0. The van der Waals surface area contributed by atoms with Gasteiger partial charge in [-0.2, -0.15) is 0 Å². The van der Waals surface area contributed by atoms with E-state index in [9.17, 15) is 9.59 Å². The molecule has 1 aliphatic rings. The van der Waals surface area contributed by atoms with Gasteiger partial charge in [-0.25, -0.2) is 10.7 Å². The lowest BCUT2D eigenvalue weighted by molar-refractivity contribution is 0.0601. The van der Waals surface area contributed by atoms with E-state index in [0.29, 0.717) is 18.0 Å². The fourth-order valence-corrected chi connectivity index (χ4v) is 4.60. The van der Waals surface area contributed by atoms with Gasteiger partial charge in [0, 0.05) is 26.2 Å². The minimum absolute atomic E-state index is 0.0851. The smallest absolute Gasteiger partial charge is 0.345 e. The first-order valence-electron chi connectivity index (χ1n) is 9.85. The molecule has 162 valence electrons. The van der Waals surface area contributed by atoms with Crippen LogP contribution in [0.2, 0.25) is 0 Å². The number of carbonyl (C=O) groups excluding carboxylic acids is 1. The number of nitrogens with zero attached hydrogens (tertiary/aromatic N) is 2. The predicted octanol–water partition coefficient (Wildman–Crippen LogP) is 3.33. The number of carbonyl (C=O) groups is 2. The minimum atomic E-state index is -0.993. The van der Waals surface area contributed by atoms with Crippen LogP contribution in [0.4, 0.5) is 0 Å². The van der Waals surface area contributed by atoms with Crippen molar-refractivity contribution in [2.24, 2.45) is 5.90 Å². The molecule has 1 aromatic heterocycles. The molecule has 4 N–H and O–H groups in total. The van der Waals surface area contributed by atoms with E-state index < -0.39 is 5.97 Å². The number of hydrogen-bond acceptors (Lipinski definition) is 6. The summed E-state index contributed by atoms with van der Waals surface area (Å²) in [6.45, 7) is 2.76. The van der Waals surface area contributed by atoms with Gasteiger partial charge in [-0.3, -0.25) is 9.69 Å². The summed E-state index contributed by atoms with van der Waals surface area (Å²) in [7, 11) is 0. The molecule has 0 unspecified atom stereocenters.